The summed E-state index contributed by atoms with van der Waals surface area (Å²) in [5, 5.41) is 11.9. The molecule has 0 spiro atoms. The monoisotopic (exact) mass is 463 g/mol. The zero-order valence-corrected chi connectivity index (χ0v) is 19.3. The van der Waals surface area contributed by atoms with Crippen LogP contribution in [-0.4, -0.2) is 50.5 Å². The van der Waals surface area contributed by atoms with E-state index in [0.717, 1.165) is 38.3 Å². The highest BCUT2D eigenvalue weighted by Crippen LogP contribution is 2.24. The normalized spacial score (nSPS) is 15.6. The number of aromatic nitrogens is 2. The number of piperazine rings is 1. The van der Waals surface area contributed by atoms with Crippen molar-refractivity contribution in [3.8, 4) is 11.8 Å². The topological polar surface area (TPSA) is 67.4 Å². The minimum atomic E-state index is -0.426. The molecule has 0 saturated carbocycles. The molecule has 0 bridgehead atoms. The van der Waals surface area contributed by atoms with Crippen molar-refractivity contribution in [1.29, 1.82) is 0 Å². The highest BCUT2D eigenvalue weighted by molar-refractivity contribution is 6.30. The van der Waals surface area contributed by atoms with Crippen LogP contribution in [0.5, 0.6) is 0 Å². The summed E-state index contributed by atoms with van der Waals surface area (Å²) in [6.45, 7) is 6.59. The minimum Gasteiger partial charge on any atom is -0.358 e. The molecule has 170 valence electrons. The van der Waals surface area contributed by atoms with Crippen LogP contribution < -0.4 is 0 Å². The van der Waals surface area contributed by atoms with Crippen molar-refractivity contribution >= 4 is 17.4 Å². The third kappa shape index (κ3) is 5.79. The number of aryl methyl sites for hydroxylation is 1. The molecule has 1 atom stereocenters. The molecular weight excluding hydrogens is 438 g/mol. The van der Waals surface area contributed by atoms with Crippen LogP contribution in [0.15, 0.2) is 60.8 Å². The molecule has 2 heterocycles. The van der Waals surface area contributed by atoms with Crippen LogP contribution in [0.25, 0.3) is 0 Å². The number of nitro groups is 1. The predicted molar refractivity (Wildman–Crippen MR) is 129 cm³/mol. The summed E-state index contributed by atoms with van der Waals surface area (Å²) in [5.41, 5.74) is 2.39. The maximum atomic E-state index is 11.3. The Kier molecular flexibility index (Phi) is 7.40. The molecular formula is C25H26ClN5O2. The summed E-state index contributed by atoms with van der Waals surface area (Å²) >= 11 is 6.10. The second kappa shape index (κ2) is 10.6. The van der Waals surface area contributed by atoms with Gasteiger partial charge >= 0.3 is 5.82 Å². The van der Waals surface area contributed by atoms with Gasteiger partial charge in [0, 0.05) is 44.7 Å². The van der Waals surface area contributed by atoms with Crippen molar-refractivity contribution in [2.24, 2.45) is 0 Å². The van der Waals surface area contributed by atoms with Gasteiger partial charge in [-0.1, -0.05) is 65.9 Å². The van der Waals surface area contributed by atoms with E-state index >= 15 is 0 Å². The van der Waals surface area contributed by atoms with Gasteiger partial charge in [0.25, 0.3) is 0 Å². The van der Waals surface area contributed by atoms with Crippen LogP contribution in [-0.2, 0) is 13.1 Å². The van der Waals surface area contributed by atoms with E-state index in [1.54, 1.807) is 6.92 Å². The maximum absolute atomic E-state index is 11.3. The van der Waals surface area contributed by atoms with Gasteiger partial charge in [0.05, 0.1) is 6.04 Å². The first-order chi connectivity index (χ1) is 16.0. The molecule has 0 radical (unpaired) electrons. The number of rotatable bonds is 6. The van der Waals surface area contributed by atoms with E-state index in [9.17, 15) is 10.1 Å². The summed E-state index contributed by atoms with van der Waals surface area (Å²) < 4.78 is 1.53. The third-order valence-electron chi connectivity index (χ3n) is 5.90. The molecule has 7 nitrogen and oxygen atoms in total. The van der Waals surface area contributed by atoms with Gasteiger partial charge in [-0.05, 0) is 28.2 Å². The SMILES string of the molecule is Cc1ncc([N+](=O)[O-])n1CC#CC(c1ccc(Cl)cc1)N1CCN(Cc2ccccc2)CC1. The van der Waals surface area contributed by atoms with Crippen molar-refractivity contribution < 1.29 is 4.92 Å². The number of imidazole rings is 1. The molecule has 1 fully saturated rings. The lowest BCUT2D eigenvalue weighted by molar-refractivity contribution is -0.392. The Morgan fingerprint density at radius 1 is 1.09 bits per heavy atom. The van der Waals surface area contributed by atoms with Gasteiger partial charge in [0.2, 0.25) is 0 Å². The Morgan fingerprint density at radius 3 is 2.45 bits per heavy atom. The summed E-state index contributed by atoms with van der Waals surface area (Å²) in [5.74, 6) is 7.07. The lowest BCUT2D eigenvalue weighted by atomic mass is 10.0. The molecule has 0 aliphatic carbocycles. The molecule has 4 rings (SSSR count). The van der Waals surface area contributed by atoms with Gasteiger partial charge in [0.15, 0.2) is 12.4 Å². The summed E-state index contributed by atoms with van der Waals surface area (Å²) in [7, 11) is 0. The average Bonchev–Trinajstić information content (AvgIpc) is 3.19. The number of halogens is 1. The van der Waals surface area contributed by atoms with Crippen LogP contribution in [0.1, 0.15) is 23.0 Å². The van der Waals surface area contributed by atoms with Crippen molar-refractivity contribution in [1.82, 2.24) is 19.4 Å². The number of hydrogen-bond acceptors (Lipinski definition) is 5. The van der Waals surface area contributed by atoms with Crippen LogP contribution in [0.4, 0.5) is 5.82 Å². The minimum absolute atomic E-state index is 0.0423. The summed E-state index contributed by atoms with van der Waals surface area (Å²) in [6.07, 6.45) is 1.28. The van der Waals surface area contributed by atoms with Gasteiger partial charge in [-0.25, -0.2) is 4.98 Å². The Bertz CT molecular complexity index is 1140. The van der Waals surface area contributed by atoms with Crippen LogP contribution in [0.3, 0.4) is 0 Å². The van der Waals surface area contributed by atoms with Gasteiger partial charge in [-0.15, -0.1) is 0 Å². The second-order valence-corrected chi connectivity index (χ2v) is 8.52. The number of hydrogen-bond donors (Lipinski definition) is 0. The quantitative estimate of drug-likeness (QED) is 0.309. The average molecular weight is 464 g/mol. The van der Waals surface area contributed by atoms with Crippen LogP contribution in [0.2, 0.25) is 5.02 Å². The molecule has 0 N–H and O–H groups in total. The zero-order valence-electron chi connectivity index (χ0n) is 18.5. The molecule has 1 saturated heterocycles. The first-order valence-corrected chi connectivity index (χ1v) is 11.3. The molecule has 1 aromatic heterocycles. The summed E-state index contributed by atoms with van der Waals surface area (Å²) in [6, 6.07) is 18.2. The third-order valence-corrected chi connectivity index (χ3v) is 6.16. The second-order valence-electron chi connectivity index (χ2n) is 8.08. The van der Waals surface area contributed by atoms with E-state index in [0.29, 0.717) is 10.8 Å². The van der Waals surface area contributed by atoms with E-state index in [4.69, 9.17) is 11.6 Å². The van der Waals surface area contributed by atoms with E-state index in [1.807, 2.05) is 30.3 Å². The predicted octanol–water partition coefficient (Wildman–Crippen LogP) is 4.32. The largest absolute Gasteiger partial charge is 0.358 e. The Balaban J connectivity index is 1.49. The highest BCUT2D eigenvalue weighted by atomic mass is 35.5. The van der Waals surface area contributed by atoms with E-state index in [1.165, 1.54) is 16.3 Å². The molecule has 1 unspecified atom stereocenters. The zero-order chi connectivity index (χ0) is 23.2. The standard InChI is InChI=1S/C25H26ClN5O2/c1-20-27-18-25(31(32)33)30(20)13-5-8-24(22-9-11-23(26)12-10-22)29-16-14-28(15-17-29)19-21-6-3-2-4-7-21/h2-4,6-7,9-12,18,24H,13-17,19H2,1H3. The van der Waals surface area contributed by atoms with Crippen LogP contribution in [0, 0.1) is 28.9 Å². The highest BCUT2D eigenvalue weighted by Gasteiger charge is 2.24. The van der Waals surface area contributed by atoms with E-state index in [2.05, 4.69) is 50.9 Å². The van der Waals surface area contributed by atoms with Crippen molar-refractivity contribution in [2.75, 3.05) is 26.2 Å². The molecule has 1 aliphatic heterocycles. The maximum Gasteiger partial charge on any atom is 0.343 e. The van der Waals surface area contributed by atoms with E-state index in [-0.39, 0.29) is 18.4 Å². The smallest absolute Gasteiger partial charge is 0.343 e. The van der Waals surface area contributed by atoms with Gasteiger partial charge < -0.3 is 10.1 Å². The molecule has 3 aromatic rings. The molecule has 0 amide bonds. The number of benzene rings is 2. The summed E-state index contributed by atoms with van der Waals surface area (Å²) in [4.78, 5) is 19.7. The van der Waals surface area contributed by atoms with Crippen molar-refractivity contribution in [3.63, 3.8) is 0 Å². The van der Waals surface area contributed by atoms with Gasteiger partial charge in [-0.2, -0.15) is 4.57 Å². The Morgan fingerprint density at radius 2 is 1.79 bits per heavy atom. The van der Waals surface area contributed by atoms with Gasteiger partial charge in [0.1, 0.15) is 6.20 Å². The molecule has 1 aliphatic rings. The van der Waals surface area contributed by atoms with Crippen LogP contribution >= 0.6 is 11.6 Å². The molecule has 33 heavy (non-hydrogen) atoms. The van der Waals surface area contributed by atoms with E-state index < -0.39 is 4.92 Å². The lowest BCUT2D eigenvalue weighted by Gasteiger charge is -2.37. The fourth-order valence-electron chi connectivity index (χ4n) is 4.07. The van der Waals surface area contributed by atoms with Crippen molar-refractivity contribution in [3.05, 3.63) is 92.9 Å². The van der Waals surface area contributed by atoms with Crippen molar-refractivity contribution in [2.45, 2.75) is 26.1 Å². The molecule has 8 heteroatoms. The molecule has 2 aromatic carbocycles. The Labute approximate surface area is 198 Å². The number of nitrogens with zero attached hydrogens (tertiary/aromatic N) is 5. The first kappa shape index (κ1) is 23.0. The first-order valence-electron chi connectivity index (χ1n) is 10.9. The lowest BCUT2D eigenvalue weighted by Crippen LogP contribution is -2.47. The fourth-order valence-corrected chi connectivity index (χ4v) is 4.20. The Hall–Kier alpha value is -3.18. The van der Waals surface area contributed by atoms with Gasteiger partial charge in [-0.3, -0.25) is 9.80 Å². The fraction of sp³-hybridized carbons (Fsp3) is 0.320.